The van der Waals surface area contributed by atoms with E-state index in [9.17, 15) is 13.2 Å². The average molecular weight is 414 g/mol. The van der Waals surface area contributed by atoms with E-state index in [4.69, 9.17) is 11.6 Å². The van der Waals surface area contributed by atoms with Crippen LogP contribution in [-0.4, -0.2) is 0 Å². The highest BCUT2D eigenvalue weighted by Gasteiger charge is 2.19. The minimum absolute atomic E-state index is 0.00747. The zero-order valence-corrected chi connectivity index (χ0v) is 13.2. The first kappa shape index (κ1) is 14.9. The highest BCUT2D eigenvalue weighted by molar-refractivity contribution is 9.10. The predicted octanol–water partition coefficient (Wildman–Crippen LogP) is 6.00. The molecular weight excluding hydrogens is 408 g/mol. The molecule has 6 heteroatoms. The Morgan fingerprint density at radius 2 is 1.53 bits per heavy atom. The molecule has 0 spiro atoms. The van der Waals surface area contributed by atoms with E-state index < -0.39 is 22.3 Å². The molecule has 0 nitrogen and oxygen atoms in total. The number of halogens is 6. The van der Waals surface area contributed by atoms with Crippen LogP contribution in [0.25, 0.3) is 0 Å². The number of hydrogen-bond acceptors (Lipinski definition) is 0. The Hall–Kier alpha value is -0.520. The normalized spacial score (nSPS) is 12.5. The highest BCUT2D eigenvalue weighted by Crippen LogP contribution is 2.36. The molecule has 0 saturated heterocycles. The summed E-state index contributed by atoms with van der Waals surface area (Å²) in [4.78, 5) is -0.627. The second-order valence-corrected chi connectivity index (χ2v) is 6.12. The monoisotopic (exact) mass is 412 g/mol. The van der Waals surface area contributed by atoms with Gasteiger partial charge < -0.3 is 0 Å². The van der Waals surface area contributed by atoms with Crippen LogP contribution in [0.3, 0.4) is 0 Å². The molecule has 2 rings (SSSR count). The van der Waals surface area contributed by atoms with Gasteiger partial charge in [-0.1, -0.05) is 43.5 Å². The van der Waals surface area contributed by atoms with E-state index in [0.717, 1.165) is 6.07 Å². The fraction of sp³-hybridized carbons (Fsp3) is 0.0769. The fourth-order valence-electron chi connectivity index (χ4n) is 1.63. The van der Waals surface area contributed by atoms with Crippen molar-refractivity contribution in [1.82, 2.24) is 0 Å². The third-order valence-electron chi connectivity index (χ3n) is 2.49. The van der Waals surface area contributed by atoms with Gasteiger partial charge in [-0.05, 0) is 29.8 Å². The van der Waals surface area contributed by atoms with Gasteiger partial charge in [0.25, 0.3) is 0 Å². The maximum Gasteiger partial charge on any atom is 0.161 e. The molecular formula is C13H6Br2ClF3. The van der Waals surface area contributed by atoms with Crippen molar-refractivity contribution in [2.45, 2.75) is 4.83 Å². The van der Waals surface area contributed by atoms with Gasteiger partial charge in [0.15, 0.2) is 11.6 Å². The lowest BCUT2D eigenvalue weighted by Crippen LogP contribution is -2.00. The van der Waals surface area contributed by atoms with Crippen molar-refractivity contribution in [1.29, 1.82) is 0 Å². The average Bonchev–Trinajstić information content (AvgIpc) is 2.31. The molecule has 100 valence electrons. The molecule has 0 aromatic heterocycles. The number of alkyl halides is 1. The van der Waals surface area contributed by atoms with E-state index in [0.29, 0.717) is 21.1 Å². The summed E-state index contributed by atoms with van der Waals surface area (Å²) in [6.07, 6.45) is 0. The summed E-state index contributed by atoms with van der Waals surface area (Å²) in [5.41, 5.74) is 0.636. The maximum absolute atomic E-state index is 13.7. The molecule has 0 fully saturated rings. The summed E-state index contributed by atoms with van der Waals surface area (Å²) in [5, 5.41) is 0.455. The molecule has 0 bridgehead atoms. The predicted molar refractivity (Wildman–Crippen MR) is 76.2 cm³/mol. The van der Waals surface area contributed by atoms with Crippen LogP contribution in [0.1, 0.15) is 16.0 Å². The van der Waals surface area contributed by atoms with E-state index in [1.54, 1.807) is 18.2 Å². The molecule has 1 atom stereocenters. The van der Waals surface area contributed by atoms with Gasteiger partial charge in [0, 0.05) is 21.1 Å². The Balaban J connectivity index is 2.49. The molecule has 0 amide bonds. The lowest BCUT2D eigenvalue weighted by molar-refractivity contribution is 0.491. The van der Waals surface area contributed by atoms with Crippen molar-refractivity contribution in [2.24, 2.45) is 0 Å². The summed E-state index contributed by atoms with van der Waals surface area (Å²) >= 11 is 12.4. The van der Waals surface area contributed by atoms with Crippen LogP contribution >= 0.6 is 43.5 Å². The van der Waals surface area contributed by atoms with Gasteiger partial charge in [-0.25, -0.2) is 13.2 Å². The zero-order valence-electron chi connectivity index (χ0n) is 9.23. The van der Waals surface area contributed by atoms with Crippen LogP contribution in [0.5, 0.6) is 0 Å². The molecule has 0 saturated carbocycles. The van der Waals surface area contributed by atoms with Crippen molar-refractivity contribution < 1.29 is 13.2 Å². The van der Waals surface area contributed by atoms with Crippen LogP contribution in [-0.2, 0) is 0 Å². The summed E-state index contributed by atoms with van der Waals surface area (Å²) in [6, 6.07) is 6.36. The zero-order chi connectivity index (χ0) is 14.2. The maximum atomic E-state index is 13.7. The SMILES string of the molecule is Fc1cc(F)c(C(Br)c2cc(Cl)cc(Br)c2)cc1F. The number of hydrogen-bond donors (Lipinski definition) is 0. The second-order valence-electron chi connectivity index (χ2n) is 3.85. The minimum atomic E-state index is -1.21. The Morgan fingerprint density at radius 3 is 2.16 bits per heavy atom. The molecule has 1 unspecified atom stereocenters. The smallest absolute Gasteiger partial charge is 0.161 e. The van der Waals surface area contributed by atoms with E-state index in [-0.39, 0.29) is 5.56 Å². The molecule has 0 aliphatic heterocycles. The van der Waals surface area contributed by atoms with Gasteiger partial charge >= 0.3 is 0 Å². The summed E-state index contributed by atoms with van der Waals surface area (Å²) in [6.45, 7) is 0. The quantitative estimate of drug-likeness (QED) is 0.417. The van der Waals surface area contributed by atoms with Crippen molar-refractivity contribution in [3.8, 4) is 0 Å². The van der Waals surface area contributed by atoms with Crippen molar-refractivity contribution in [3.63, 3.8) is 0 Å². The first-order chi connectivity index (χ1) is 8.88. The molecule has 0 heterocycles. The van der Waals surface area contributed by atoms with Gasteiger partial charge in [-0.2, -0.15) is 0 Å². The van der Waals surface area contributed by atoms with Gasteiger partial charge in [0.1, 0.15) is 5.82 Å². The van der Waals surface area contributed by atoms with Crippen molar-refractivity contribution in [3.05, 3.63) is 68.4 Å². The largest absolute Gasteiger partial charge is 0.207 e. The molecule has 2 aromatic carbocycles. The highest BCUT2D eigenvalue weighted by atomic mass is 79.9. The van der Waals surface area contributed by atoms with Crippen LogP contribution in [0.15, 0.2) is 34.8 Å². The number of benzene rings is 2. The third kappa shape index (κ3) is 3.33. The Labute approximate surface area is 129 Å². The summed E-state index contributed by atoms with van der Waals surface area (Å²) in [7, 11) is 0. The standard InChI is InChI=1S/C13H6Br2ClF3/c14-7-1-6(2-8(16)3-7)13(15)9-4-11(18)12(19)5-10(9)17/h1-5,13H. The Morgan fingerprint density at radius 1 is 0.895 bits per heavy atom. The molecule has 0 aliphatic rings. The Bertz CT molecular complexity index is 611. The summed E-state index contributed by atoms with van der Waals surface area (Å²) in [5.74, 6) is -3.13. The molecule has 0 aliphatic carbocycles. The molecule has 0 N–H and O–H groups in total. The lowest BCUT2D eigenvalue weighted by atomic mass is 10.0. The van der Waals surface area contributed by atoms with E-state index >= 15 is 0 Å². The van der Waals surface area contributed by atoms with Gasteiger partial charge in [-0.15, -0.1) is 0 Å². The molecule has 2 aromatic rings. The van der Waals surface area contributed by atoms with Crippen molar-refractivity contribution in [2.75, 3.05) is 0 Å². The van der Waals surface area contributed by atoms with Crippen LogP contribution in [0.2, 0.25) is 5.02 Å². The first-order valence-corrected chi connectivity index (χ1v) is 7.21. The van der Waals surface area contributed by atoms with Gasteiger partial charge in [0.2, 0.25) is 0 Å². The van der Waals surface area contributed by atoms with Gasteiger partial charge in [-0.3, -0.25) is 0 Å². The molecule has 19 heavy (non-hydrogen) atoms. The van der Waals surface area contributed by atoms with Gasteiger partial charge in [0.05, 0.1) is 4.83 Å². The lowest BCUT2D eigenvalue weighted by Gasteiger charge is -2.13. The van der Waals surface area contributed by atoms with Crippen LogP contribution in [0.4, 0.5) is 13.2 Å². The van der Waals surface area contributed by atoms with Crippen molar-refractivity contribution >= 4 is 43.5 Å². The topological polar surface area (TPSA) is 0 Å². The van der Waals surface area contributed by atoms with E-state index in [1.165, 1.54) is 0 Å². The number of rotatable bonds is 2. The summed E-state index contributed by atoms with van der Waals surface area (Å²) < 4.78 is 40.5. The minimum Gasteiger partial charge on any atom is -0.207 e. The molecule has 0 radical (unpaired) electrons. The second kappa shape index (κ2) is 5.85. The third-order valence-corrected chi connectivity index (χ3v) is 4.19. The van der Waals surface area contributed by atoms with E-state index in [2.05, 4.69) is 31.9 Å². The fourth-order valence-corrected chi connectivity index (χ4v) is 3.13. The van der Waals surface area contributed by atoms with Crippen LogP contribution < -0.4 is 0 Å². The van der Waals surface area contributed by atoms with E-state index in [1.807, 2.05) is 0 Å². The van der Waals surface area contributed by atoms with Crippen LogP contribution in [0, 0.1) is 17.5 Å². The Kier molecular flexibility index (Phi) is 4.58. The first-order valence-electron chi connectivity index (χ1n) is 5.13.